The van der Waals surface area contributed by atoms with Gasteiger partial charge in [0.1, 0.15) is 0 Å². The van der Waals surface area contributed by atoms with Crippen molar-refractivity contribution in [3.05, 3.63) is 35.4 Å². The van der Waals surface area contributed by atoms with Crippen LogP contribution in [0.1, 0.15) is 43.7 Å². The number of nitrogens with zero attached hydrogens (tertiary/aromatic N) is 2. The van der Waals surface area contributed by atoms with Crippen LogP contribution in [0.5, 0.6) is 0 Å². The predicted molar refractivity (Wildman–Crippen MR) is 111 cm³/mol. The highest BCUT2D eigenvalue weighted by atomic mass is 127. The van der Waals surface area contributed by atoms with Crippen molar-refractivity contribution >= 4 is 29.9 Å². The number of aliphatic imine (C=N–C) groups is 1. The van der Waals surface area contributed by atoms with Crippen LogP contribution in [0.3, 0.4) is 0 Å². The van der Waals surface area contributed by atoms with Crippen molar-refractivity contribution in [2.24, 2.45) is 10.7 Å². The van der Waals surface area contributed by atoms with Crippen LogP contribution in [0.15, 0.2) is 29.3 Å². The summed E-state index contributed by atoms with van der Waals surface area (Å²) in [4.78, 5) is 6.86. The fraction of sp³-hybridized carbons (Fsp3) is 0.611. The number of nitrogens with two attached hydrogens (primary N) is 1. The van der Waals surface area contributed by atoms with Crippen LogP contribution < -0.4 is 11.1 Å². The number of rotatable bonds is 7. The minimum atomic E-state index is -0.125. The largest absolute Gasteiger partial charge is 0.393 e. The van der Waals surface area contributed by atoms with Gasteiger partial charge in [0.25, 0.3) is 0 Å². The van der Waals surface area contributed by atoms with Gasteiger partial charge in [-0.2, -0.15) is 0 Å². The summed E-state index contributed by atoms with van der Waals surface area (Å²) in [6, 6.07) is 8.41. The van der Waals surface area contributed by atoms with Crippen molar-refractivity contribution in [3.8, 4) is 0 Å². The van der Waals surface area contributed by atoms with Crippen LogP contribution in [0.25, 0.3) is 0 Å². The molecular formula is C18H31IN4O. The highest BCUT2D eigenvalue weighted by Crippen LogP contribution is 2.17. The fourth-order valence-corrected chi connectivity index (χ4v) is 2.80. The van der Waals surface area contributed by atoms with Gasteiger partial charge in [0.2, 0.25) is 0 Å². The topological polar surface area (TPSA) is 73.9 Å². The molecular weight excluding hydrogens is 415 g/mol. The standard InChI is InChI=1S/C18H30N4O.HI/c1-2-3-10-20-18(19)21-13-15-6-4-5-7-16(15)14-22-11-8-17(23)9-12-22;/h4-7,17,23H,2-3,8-14H2,1H3,(H3,19,20,21);1H. The Labute approximate surface area is 162 Å². The highest BCUT2D eigenvalue weighted by molar-refractivity contribution is 14.0. The van der Waals surface area contributed by atoms with Crippen LogP contribution in [-0.2, 0) is 13.1 Å². The minimum Gasteiger partial charge on any atom is -0.393 e. The lowest BCUT2D eigenvalue weighted by molar-refractivity contribution is 0.0791. The normalized spacial score (nSPS) is 16.7. The molecule has 0 bridgehead atoms. The molecule has 0 radical (unpaired) electrons. The van der Waals surface area contributed by atoms with E-state index in [1.807, 2.05) is 0 Å². The lowest BCUT2D eigenvalue weighted by Crippen LogP contribution is -2.35. The zero-order chi connectivity index (χ0) is 16.5. The number of hydrogen-bond acceptors (Lipinski definition) is 3. The number of guanidine groups is 1. The number of nitrogens with one attached hydrogen (secondary N) is 1. The Balaban J connectivity index is 0.00000288. The Morgan fingerprint density at radius 1 is 1.29 bits per heavy atom. The first-order chi connectivity index (χ1) is 11.2. The number of aliphatic hydroxyl groups excluding tert-OH is 1. The van der Waals surface area contributed by atoms with E-state index in [0.29, 0.717) is 12.5 Å². The molecule has 0 aliphatic carbocycles. The summed E-state index contributed by atoms with van der Waals surface area (Å²) in [5, 5.41) is 12.8. The molecule has 0 saturated carbocycles. The SMILES string of the molecule is CCCCNC(N)=NCc1ccccc1CN1CCC(O)CC1.I. The summed E-state index contributed by atoms with van der Waals surface area (Å²) in [5.41, 5.74) is 8.43. The second kappa shape index (κ2) is 11.7. The quantitative estimate of drug-likeness (QED) is 0.261. The van der Waals surface area contributed by atoms with E-state index in [2.05, 4.69) is 46.4 Å². The van der Waals surface area contributed by atoms with Gasteiger partial charge in [-0.15, -0.1) is 24.0 Å². The number of benzene rings is 1. The molecule has 1 aromatic rings. The zero-order valence-electron chi connectivity index (χ0n) is 14.6. The molecule has 0 amide bonds. The minimum absolute atomic E-state index is 0. The van der Waals surface area contributed by atoms with E-state index in [1.165, 1.54) is 11.1 Å². The monoisotopic (exact) mass is 446 g/mol. The number of hydrogen-bond donors (Lipinski definition) is 3. The van der Waals surface area contributed by atoms with Gasteiger partial charge < -0.3 is 16.2 Å². The molecule has 6 heteroatoms. The van der Waals surface area contributed by atoms with Gasteiger partial charge in [-0.05, 0) is 30.4 Å². The van der Waals surface area contributed by atoms with Gasteiger partial charge in [-0.25, -0.2) is 4.99 Å². The Hall–Kier alpha value is -0.860. The van der Waals surface area contributed by atoms with E-state index < -0.39 is 0 Å². The summed E-state index contributed by atoms with van der Waals surface area (Å²) in [6.45, 7) is 6.48. The molecule has 1 fully saturated rings. The predicted octanol–water partition coefficient (Wildman–Crippen LogP) is 2.47. The van der Waals surface area contributed by atoms with Crippen LogP contribution in [0.2, 0.25) is 0 Å². The Morgan fingerprint density at radius 3 is 2.62 bits per heavy atom. The molecule has 1 aromatic carbocycles. The van der Waals surface area contributed by atoms with Crippen LogP contribution in [0, 0.1) is 0 Å². The summed E-state index contributed by atoms with van der Waals surface area (Å²) in [5.74, 6) is 0.523. The number of likely N-dealkylation sites (tertiary alicyclic amines) is 1. The van der Waals surface area contributed by atoms with Gasteiger partial charge in [-0.1, -0.05) is 37.6 Å². The van der Waals surface area contributed by atoms with E-state index in [1.54, 1.807) is 0 Å². The number of halogens is 1. The van der Waals surface area contributed by atoms with E-state index in [9.17, 15) is 5.11 Å². The molecule has 1 heterocycles. The van der Waals surface area contributed by atoms with Gasteiger partial charge in [-0.3, -0.25) is 4.90 Å². The maximum Gasteiger partial charge on any atom is 0.188 e. The molecule has 24 heavy (non-hydrogen) atoms. The Bertz CT molecular complexity index is 502. The maximum absolute atomic E-state index is 9.62. The van der Waals surface area contributed by atoms with Gasteiger partial charge in [0.15, 0.2) is 5.96 Å². The van der Waals surface area contributed by atoms with Crippen molar-refractivity contribution in [1.29, 1.82) is 0 Å². The summed E-state index contributed by atoms with van der Waals surface area (Å²) in [7, 11) is 0. The zero-order valence-corrected chi connectivity index (χ0v) is 16.9. The number of unbranched alkanes of at least 4 members (excludes halogenated alkanes) is 1. The van der Waals surface area contributed by atoms with Crippen molar-refractivity contribution in [1.82, 2.24) is 10.2 Å². The average Bonchev–Trinajstić information content (AvgIpc) is 2.56. The van der Waals surface area contributed by atoms with Gasteiger partial charge >= 0.3 is 0 Å². The maximum atomic E-state index is 9.62. The molecule has 0 unspecified atom stereocenters. The van der Waals surface area contributed by atoms with Crippen molar-refractivity contribution in [3.63, 3.8) is 0 Å². The number of piperidine rings is 1. The number of aliphatic hydroxyl groups is 1. The third kappa shape index (κ3) is 7.36. The third-order valence-electron chi connectivity index (χ3n) is 4.33. The fourth-order valence-electron chi connectivity index (χ4n) is 2.80. The molecule has 0 aromatic heterocycles. The molecule has 0 atom stereocenters. The first kappa shape index (κ1) is 21.2. The summed E-state index contributed by atoms with van der Waals surface area (Å²) < 4.78 is 0. The van der Waals surface area contributed by atoms with Gasteiger partial charge in [0, 0.05) is 26.2 Å². The summed E-state index contributed by atoms with van der Waals surface area (Å²) >= 11 is 0. The van der Waals surface area contributed by atoms with E-state index in [0.717, 1.165) is 51.9 Å². The van der Waals surface area contributed by atoms with E-state index >= 15 is 0 Å². The Kier molecular flexibility index (Phi) is 10.3. The van der Waals surface area contributed by atoms with Gasteiger partial charge in [0.05, 0.1) is 12.6 Å². The van der Waals surface area contributed by atoms with Crippen molar-refractivity contribution in [2.45, 2.75) is 51.8 Å². The molecule has 0 spiro atoms. The van der Waals surface area contributed by atoms with E-state index in [4.69, 9.17) is 5.73 Å². The molecule has 1 aliphatic rings. The summed E-state index contributed by atoms with van der Waals surface area (Å²) in [6.07, 6.45) is 3.87. The van der Waals surface area contributed by atoms with Crippen molar-refractivity contribution in [2.75, 3.05) is 19.6 Å². The molecule has 2 rings (SSSR count). The third-order valence-corrected chi connectivity index (χ3v) is 4.33. The molecule has 136 valence electrons. The molecule has 4 N–H and O–H groups in total. The van der Waals surface area contributed by atoms with Crippen molar-refractivity contribution < 1.29 is 5.11 Å². The Morgan fingerprint density at radius 2 is 1.96 bits per heavy atom. The highest BCUT2D eigenvalue weighted by Gasteiger charge is 2.17. The lowest BCUT2D eigenvalue weighted by Gasteiger charge is -2.30. The molecule has 1 saturated heterocycles. The van der Waals surface area contributed by atoms with Crippen LogP contribution in [-0.4, -0.2) is 41.7 Å². The molecule has 5 nitrogen and oxygen atoms in total. The lowest BCUT2D eigenvalue weighted by atomic mass is 10.0. The first-order valence-electron chi connectivity index (χ1n) is 8.70. The first-order valence-corrected chi connectivity index (χ1v) is 8.70. The second-order valence-corrected chi connectivity index (χ2v) is 6.26. The smallest absolute Gasteiger partial charge is 0.188 e. The molecule has 1 aliphatic heterocycles. The van der Waals surface area contributed by atoms with Crippen LogP contribution >= 0.6 is 24.0 Å². The van der Waals surface area contributed by atoms with E-state index in [-0.39, 0.29) is 30.1 Å². The van der Waals surface area contributed by atoms with Crippen LogP contribution in [0.4, 0.5) is 0 Å². The second-order valence-electron chi connectivity index (χ2n) is 6.26. The average molecular weight is 446 g/mol.